The zero-order valence-electron chi connectivity index (χ0n) is 21.4. The number of carboxylic acids is 1. The van der Waals surface area contributed by atoms with Crippen molar-refractivity contribution < 1.29 is 79.6 Å². The molecule has 2 fully saturated rings. The molecule has 0 spiro atoms. The van der Waals surface area contributed by atoms with Crippen LogP contribution in [-0.4, -0.2) is 144 Å². The van der Waals surface area contributed by atoms with Crippen LogP contribution in [0.4, 0.5) is 0 Å². The highest BCUT2D eigenvalue weighted by molar-refractivity contribution is 6.02. The van der Waals surface area contributed by atoms with E-state index in [4.69, 9.17) is 29.2 Å². The predicted octanol–water partition coefficient (Wildman–Crippen LogP) is -3.74. The van der Waals surface area contributed by atoms with E-state index in [1.165, 1.54) is 24.3 Å². The minimum Gasteiger partial charge on any atom is -0.478 e. The second-order valence-electron chi connectivity index (χ2n) is 9.03. The van der Waals surface area contributed by atoms with E-state index in [1.807, 2.05) is 6.92 Å². The minimum absolute atomic E-state index is 0.0600. The number of aromatic carboxylic acids is 1. The molecule has 2 saturated heterocycles. The molecule has 16 heteroatoms. The van der Waals surface area contributed by atoms with Gasteiger partial charge in [0, 0.05) is 6.42 Å². The fourth-order valence-corrected chi connectivity index (χ4v) is 3.91. The Morgan fingerprint density at radius 2 is 1.45 bits per heavy atom. The van der Waals surface area contributed by atoms with Gasteiger partial charge in [-0.3, -0.25) is 0 Å². The summed E-state index contributed by atoms with van der Waals surface area (Å²) in [5.74, 6) is -2.04. The molecule has 2 aliphatic heterocycles. The molecule has 0 bridgehead atoms. The monoisotopic (exact) mass is 580 g/mol. The standard InChI is InChI=1S/C12H22O11.C12H14O5/c13-1-3-5(15)6(16)9(19)12(22-3)23-10-4(2-14)21-11(20)8(18)7(10)17;1-2-5-10(13)17-12(16)9-7-4-3-6-8(9)11(14)15/h3-20H,1-2H2;3-4,6-7,10,13H,2,5H2,1H3,(H,14,15)/t3-,4-,5-,6+,7-,8-,9-,10-,11-,12+;/m1./s1. The predicted molar refractivity (Wildman–Crippen MR) is 128 cm³/mol. The van der Waals surface area contributed by atoms with Gasteiger partial charge >= 0.3 is 11.9 Å². The van der Waals surface area contributed by atoms with Crippen molar-refractivity contribution in [1.82, 2.24) is 0 Å². The van der Waals surface area contributed by atoms with Gasteiger partial charge in [0.1, 0.15) is 48.8 Å². The number of ether oxygens (including phenoxy) is 4. The van der Waals surface area contributed by atoms with Crippen LogP contribution in [0.5, 0.6) is 0 Å². The van der Waals surface area contributed by atoms with Gasteiger partial charge in [0.25, 0.3) is 0 Å². The first-order chi connectivity index (χ1) is 18.9. The molecule has 11 atom stereocenters. The van der Waals surface area contributed by atoms with E-state index in [9.17, 15) is 50.4 Å². The summed E-state index contributed by atoms with van der Waals surface area (Å²) in [5.41, 5.74) is -0.198. The molecule has 0 saturated carbocycles. The Balaban J connectivity index is 0.000000294. The topological polar surface area (TPSA) is 273 Å². The first-order valence-corrected chi connectivity index (χ1v) is 12.4. The molecule has 3 rings (SSSR count). The summed E-state index contributed by atoms with van der Waals surface area (Å²) in [6, 6.07) is 5.72. The molecule has 1 aromatic rings. The molecule has 1 unspecified atom stereocenters. The van der Waals surface area contributed by atoms with E-state index in [0.717, 1.165) is 0 Å². The number of aliphatic hydroxyl groups is 9. The van der Waals surface area contributed by atoms with Crippen molar-refractivity contribution in [3.8, 4) is 0 Å². The van der Waals surface area contributed by atoms with E-state index >= 15 is 0 Å². The first kappa shape index (κ1) is 33.9. The third kappa shape index (κ3) is 8.35. The maximum Gasteiger partial charge on any atom is 0.341 e. The fraction of sp³-hybridized carbons (Fsp3) is 0.667. The highest BCUT2D eigenvalue weighted by atomic mass is 16.7. The zero-order valence-corrected chi connectivity index (χ0v) is 21.4. The van der Waals surface area contributed by atoms with Gasteiger partial charge in [-0.2, -0.15) is 0 Å². The van der Waals surface area contributed by atoms with E-state index in [2.05, 4.69) is 0 Å². The van der Waals surface area contributed by atoms with E-state index in [0.29, 0.717) is 12.8 Å². The smallest absolute Gasteiger partial charge is 0.341 e. The van der Waals surface area contributed by atoms with Crippen LogP contribution in [0, 0.1) is 0 Å². The van der Waals surface area contributed by atoms with Crippen molar-refractivity contribution in [2.24, 2.45) is 0 Å². The molecule has 40 heavy (non-hydrogen) atoms. The Morgan fingerprint density at radius 1 is 0.850 bits per heavy atom. The van der Waals surface area contributed by atoms with Gasteiger partial charge in [-0.15, -0.1) is 0 Å². The average Bonchev–Trinajstić information content (AvgIpc) is 2.93. The van der Waals surface area contributed by atoms with E-state index in [-0.39, 0.29) is 11.1 Å². The number of carbonyl (C=O) groups excluding carboxylic acids is 1. The molecule has 10 N–H and O–H groups in total. The summed E-state index contributed by atoms with van der Waals surface area (Å²) in [6.45, 7) is 0.491. The first-order valence-electron chi connectivity index (χ1n) is 12.4. The number of carbonyl (C=O) groups is 2. The van der Waals surface area contributed by atoms with Crippen LogP contribution in [0.1, 0.15) is 40.5 Å². The highest BCUT2D eigenvalue weighted by Gasteiger charge is 2.50. The van der Waals surface area contributed by atoms with Crippen molar-refractivity contribution in [2.75, 3.05) is 13.2 Å². The highest BCUT2D eigenvalue weighted by Crippen LogP contribution is 2.28. The van der Waals surface area contributed by atoms with Crippen LogP contribution >= 0.6 is 0 Å². The summed E-state index contributed by atoms with van der Waals surface area (Å²) >= 11 is 0. The molecule has 16 nitrogen and oxygen atoms in total. The normalized spacial score (nSPS) is 34.8. The maximum atomic E-state index is 11.6. The summed E-state index contributed by atoms with van der Waals surface area (Å²) in [6.07, 6.45) is -15.8. The Labute approximate surface area is 228 Å². The minimum atomic E-state index is -1.74. The van der Waals surface area contributed by atoms with Gasteiger partial charge in [0.15, 0.2) is 12.6 Å². The summed E-state index contributed by atoms with van der Waals surface area (Å²) in [7, 11) is 0. The van der Waals surface area contributed by atoms with Crippen molar-refractivity contribution >= 4 is 11.9 Å². The van der Waals surface area contributed by atoms with Gasteiger partial charge in [-0.25, -0.2) is 9.59 Å². The van der Waals surface area contributed by atoms with Crippen LogP contribution in [-0.2, 0) is 18.9 Å². The average molecular weight is 581 g/mol. The molecule has 0 aliphatic carbocycles. The number of carboxylic acid groups (broad SMARTS) is 1. The Hall–Kier alpha value is -2.32. The Bertz CT molecular complexity index is 941. The van der Waals surface area contributed by atoms with Gasteiger partial charge in [0.2, 0.25) is 6.29 Å². The number of hydrogen-bond donors (Lipinski definition) is 10. The number of rotatable bonds is 9. The zero-order chi connectivity index (χ0) is 30.1. The van der Waals surface area contributed by atoms with Gasteiger partial charge in [-0.05, 0) is 12.1 Å². The number of esters is 1. The largest absolute Gasteiger partial charge is 0.478 e. The fourth-order valence-electron chi connectivity index (χ4n) is 3.91. The molecule has 0 radical (unpaired) electrons. The molecule has 228 valence electrons. The van der Waals surface area contributed by atoms with E-state index in [1.54, 1.807) is 0 Å². The van der Waals surface area contributed by atoms with Gasteiger partial charge < -0.3 is 70.0 Å². The lowest BCUT2D eigenvalue weighted by Gasteiger charge is -2.45. The number of benzene rings is 1. The Morgan fingerprint density at radius 3 is 2.00 bits per heavy atom. The lowest BCUT2D eigenvalue weighted by atomic mass is 9.97. The maximum absolute atomic E-state index is 11.6. The van der Waals surface area contributed by atoms with Crippen LogP contribution in [0.3, 0.4) is 0 Å². The van der Waals surface area contributed by atoms with Gasteiger partial charge in [-0.1, -0.05) is 25.5 Å². The molecule has 2 heterocycles. The second kappa shape index (κ2) is 15.6. The molecule has 2 aliphatic rings. The summed E-state index contributed by atoms with van der Waals surface area (Å²) in [4.78, 5) is 22.5. The van der Waals surface area contributed by atoms with Crippen LogP contribution in [0.2, 0.25) is 0 Å². The molecule has 0 amide bonds. The SMILES string of the molecule is CCCC(O)OC(=O)c1ccccc1C(=O)O.OC[C@H]1O[C@@H](O[C@H]2[C@H](O)[C@@H](O)[C@H](O)O[C@@H]2CO)[C@H](O)[C@@H](O)[C@@H]1O. The number of hydrogen-bond acceptors (Lipinski definition) is 15. The van der Waals surface area contributed by atoms with Crippen LogP contribution < -0.4 is 0 Å². The molecule has 0 aromatic heterocycles. The molecular formula is C24H36O16. The quantitative estimate of drug-likeness (QED) is 0.0992. The Kier molecular flexibility index (Phi) is 13.2. The lowest BCUT2D eigenvalue weighted by molar-refractivity contribution is -0.355. The lowest BCUT2D eigenvalue weighted by Crippen LogP contribution is -2.64. The van der Waals surface area contributed by atoms with Crippen LogP contribution in [0.25, 0.3) is 0 Å². The van der Waals surface area contributed by atoms with Crippen molar-refractivity contribution in [3.05, 3.63) is 35.4 Å². The number of aliphatic hydroxyl groups excluding tert-OH is 9. The second-order valence-corrected chi connectivity index (χ2v) is 9.03. The van der Waals surface area contributed by atoms with Crippen LogP contribution in [0.15, 0.2) is 24.3 Å². The molecule has 1 aromatic carbocycles. The third-order valence-electron chi connectivity index (χ3n) is 6.14. The van der Waals surface area contributed by atoms with Crippen molar-refractivity contribution in [3.63, 3.8) is 0 Å². The van der Waals surface area contributed by atoms with Gasteiger partial charge in [0.05, 0.1) is 24.3 Å². The van der Waals surface area contributed by atoms with Crippen molar-refractivity contribution in [1.29, 1.82) is 0 Å². The summed E-state index contributed by atoms with van der Waals surface area (Å²) < 4.78 is 20.0. The van der Waals surface area contributed by atoms with E-state index < -0.39 is 92.9 Å². The summed E-state index contributed by atoms with van der Waals surface area (Å²) in [5, 5.41) is 94.7. The van der Waals surface area contributed by atoms with Crippen molar-refractivity contribution in [2.45, 2.75) is 87.5 Å². The molecular weight excluding hydrogens is 544 g/mol. The third-order valence-corrected chi connectivity index (χ3v) is 6.14.